The van der Waals surface area contributed by atoms with E-state index >= 15 is 0 Å². The van der Waals surface area contributed by atoms with E-state index in [0.29, 0.717) is 24.2 Å². The van der Waals surface area contributed by atoms with Crippen LogP contribution in [-0.4, -0.2) is 18.5 Å². The van der Waals surface area contributed by atoms with Crippen molar-refractivity contribution < 1.29 is 4.79 Å². The maximum absolute atomic E-state index is 12.2. The van der Waals surface area contributed by atoms with Gasteiger partial charge in [0.25, 0.3) is 0 Å². The number of nitrogens with one attached hydrogen (secondary N) is 1. The first kappa shape index (κ1) is 14.9. The minimum absolute atomic E-state index is 0.0171. The van der Waals surface area contributed by atoms with Gasteiger partial charge in [-0.05, 0) is 36.6 Å². The van der Waals surface area contributed by atoms with E-state index in [1.807, 2.05) is 36.4 Å². The lowest BCUT2D eigenvalue weighted by Crippen LogP contribution is -2.39. The van der Waals surface area contributed by atoms with Crippen LogP contribution in [0, 0.1) is 0 Å². The number of carbonyl (C=O) groups excluding carboxylic acids is 1. The minimum Gasteiger partial charge on any atom is -0.359 e. The zero-order chi connectivity index (χ0) is 15.5. The second-order valence-corrected chi connectivity index (χ2v) is 6.09. The average molecular weight is 315 g/mol. The van der Waals surface area contributed by atoms with Gasteiger partial charge in [0.2, 0.25) is 5.91 Å². The molecule has 1 aliphatic heterocycles. The molecule has 3 rings (SSSR count). The van der Waals surface area contributed by atoms with Crippen LogP contribution in [0.2, 0.25) is 5.02 Å². The van der Waals surface area contributed by atoms with Gasteiger partial charge in [-0.3, -0.25) is 4.79 Å². The second-order valence-electron chi connectivity index (χ2n) is 5.68. The van der Waals surface area contributed by atoms with E-state index in [9.17, 15) is 4.79 Å². The van der Waals surface area contributed by atoms with Gasteiger partial charge in [-0.15, -0.1) is 0 Å². The van der Waals surface area contributed by atoms with Crippen LogP contribution in [-0.2, 0) is 17.8 Å². The van der Waals surface area contributed by atoms with Crippen molar-refractivity contribution in [3.63, 3.8) is 0 Å². The highest BCUT2D eigenvalue weighted by Gasteiger charge is 2.26. The maximum Gasteiger partial charge on any atom is 0.239 e. The Hall–Kier alpha value is -2.00. The highest BCUT2D eigenvalue weighted by Crippen LogP contribution is 2.31. The summed E-state index contributed by atoms with van der Waals surface area (Å²) in [5, 5.41) is 3.64. The van der Waals surface area contributed by atoms with Crippen molar-refractivity contribution in [2.45, 2.75) is 25.9 Å². The zero-order valence-corrected chi connectivity index (χ0v) is 13.3. The molecular weight excluding hydrogens is 296 g/mol. The van der Waals surface area contributed by atoms with Crippen molar-refractivity contribution in [1.29, 1.82) is 0 Å². The van der Waals surface area contributed by atoms with Crippen LogP contribution in [0.5, 0.6) is 0 Å². The Morgan fingerprint density at radius 2 is 1.95 bits per heavy atom. The van der Waals surface area contributed by atoms with Crippen LogP contribution in [0.3, 0.4) is 0 Å². The molecule has 0 aliphatic carbocycles. The molecule has 0 radical (unpaired) electrons. The number of halogens is 1. The zero-order valence-electron chi connectivity index (χ0n) is 12.6. The molecule has 0 fully saturated rings. The lowest BCUT2D eigenvalue weighted by Gasteiger charge is -2.24. The molecule has 0 bridgehead atoms. The van der Waals surface area contributed by atoms with E-state index in [2.05, 4.69) is 29.3 Å². The quantitative estimate of drug-likeness (QED) is 0.938. The molecule has 1 aliphatic rings. The summed E-state index contributed by atoms with van der Waals surface area (Å²) < 4.78 is 0. The third-order valence-electron chi connectivity index (χ3n) is 4.10. The van der Waals surface area contributed by atoms with Crippen LogP contribution in [0.15, 0.2) is 48.5 Å². The van der Waals surface area contributed by atoms with Gasteiger partial charge in [0.15, 0.2) is 0 Å². The number of rotatable bonds is 4. The Balaban J connectivity index is 1.62. The number of anilines is 1. The fourth-order valence-electron chi connectivity index (χ4n) is 2.92. The fourth-order valence-corrected chi connectivity index (χ4v) is 3.12. The number of fused-ring (bicyclic) bond motifs is 1. The number of amides is 1. The molecular formula is C18H19ClN2O. The van der Waals surface area contributed by atoms with E-state index in [0.717, 1.165) is 12.0 Å². The molecule has 2 aromatic carbocycles. The average Bonchev–Trinajstić information content (AvgIpc) is 2.83. The van der Waals surface area contributed by atoms with Crippen LogP contribution in [0.25, 0.3) is 0 Å². The van der Waals surface area contributed by atoms with Crippen LogP contribution >= 0.6 is 11.6 Å². The Morgan fingerprint density at radius 1 is 1.23 bits per heavy atom. The summed E-state index contributed by atoms with van der Waals surface area (Å²) in [7, 11) is 0. The summed E-state index contributed by atoms with van der Waals surface area (Å²) in [4.78, 5) is 14.4. The third-order valence-corrected chi connectivity index (χ3v) is 4.46. The smallest absolute Gasteiger partial charge is 0.239 e. The van der Waals surface area contributed by atoms with Crippen molar-refractivity contribution in [3.8, 4) is 0 Å². The van der Waals surface area contributed by atoms with Crippen molar-refractivity contribution in [1.82, 2.24) is 5.32 Å². The Kier molecular flexibility index (Phi) is 4.34. The highest BCUT2D eigenvalue weighted by atomic mass is 35.5. The van der Waals surface area contributed by atoms with E-state index in [1.165, 1.54) is 11.3 Å². The predicted molar refractivity (Wildman–Crippen MR) is 90.3 cm³/mol. The number of hydrogen-bond acceptors (Lipinski definition) is 2. The van der Waals surface area contributed by atoms with Crippen molar-refractivity contribution in [2.24, 2.45) is 0 Å². The van der Waals surface area contributed by atoms with Gasteiger partial charge in [-0.2, -0.15) is 0 Å². The van der Waals surface area contributed by atoms with E-state index < -0.39 is 0 Å². The number of carbonyl (C=O) groups is 1. The molecule has 114 valence electrons. The summed E-state index contributed by atoms with van der Waals surface area (Å²) >= 11 is 6.11. The topological polar surface area (TPSA) is 32.3 Å². The lowest BCUT2D eigenvalue weighted by atomic mass is 10.1. The summed E-state index contributed by atoms with van der Waals surface area (Å²) in [5.74, 6) is 0.0171. The minimum atomic E-state index is 0.0171. The SMILES string of the molecule is C[C@@H]1Cc2ccccc2N1CC(=O)NCc1ccccc1Cl. The molecule has 3 nitrogen and oxygen atoms in total. The van der Waals surface area contributed by atoms with Gasteiger partial charge in [-0.1, -0.05) is 48.0 Å². The van der Waals surface area contributed by atoms with Crippen LogP contribution < -0.4 is 10.2 Å². The van der Waals surface area contributed by atoms with E-state index in [1.54, 1.807) is 0 Å². The second kappa shape index (κ2) is 6.41. The number of hydrogen-bond donors (Lipinski definition) is 1. The standard InChI is InChI=1S/C18H19ClN2O/c1-13-10-14-6-3-5-9-17(14)21(13)12-18(22)20-11-15-7-2-4-8-16(15)19/h2-9,13H,10-12H2,1H3,(H,20,22)/t13-/m1/s1. The predicted octanol–water partition coefficient (Wildman–Crippen LogP) is 3.41. The van der Waals surface area contributed by atoms with Crippen LogP contribution in [0.4, 0.5) is 5.69 Å². The normalized spacial score (nSPS) is 16.5. The highest BCUT2D eigenvalue weighted by molar-refractivity contribution is 6.31. The third kappa shape index (κ3) is 3.09. The molecule has 1 heterocycles. The van der Waals surface area contributed by atoms with Gasteiger partial charge in [0.1, 0.15) is 0 Å². The molecule has 1 amide bonds. The van der Waals surface area contributed by atoms with Crippen molar-refractivity contribution >= 4 is 23.2 Å². The monoisotopic (exact) mass is 314 g/mol. The lowest BCUT2D eigenvalue weighted by molar-refractivity contribution is -0.120. The van der Waals surface area contributed by atoms with Gasteiger partial charge in [0.05, 0.1) is 6.54 Å². The molecule has 2 aromatic rings. The summed E-state index contributed by atoms with van der Waals surface area (Å²) in [6.45, 7) is 2.99. The summed E-state index contributed by atoms with van der Waals surface area (Å²) in [6, 6.07) is 16.2. The largest absolute Gasteiger partial charge is 0.359 e. The molecule has 0 aromatic heterocycles. The molecule has 22 heavy (non-hydrogen) atoms. The number of benzene rings is 2. The van der Waals surface area contributed by atoms with Crippen molar-refractivity contribution in [2.75, 3.05) is 11.4 Å². The summed E-state index contributed by atoms with van der Waals surface area (Å²) in [6.07, 6.45) is 0.994. The maximum atomic E-state index is 12.2. The molecule has 0 saturated carbocycles. The Bertz CT molecular complexity index is 686. The van der Waals surface area contributed by atoms with Gasteiger partial charge >= 0.3 is 0 Å². The van der Waals surface area contributed by atoms with E-state index in [4.69, 9.17) is 11.6 Å². The summed E-state index contributed by atoms with van der Waals surface area (Å²) in [5.41, 5.74) is 3.42. The molecule has 0 unspecified atom stereocenters. The molecule has 0 spiro atoms. The first-order chi connectivity index (χ1) is 10.6. The van der Waals surface area contributed by atoms with Gasteiger partial charge in [0, 0.05) is 23.3 Å². The first-order valence-electron chi connectivity index (χ1n) is 7.50. The molecule has 4 heteroatoms. The molecule has 1 atom stereocenters. The van der Waals surface area contributed by atoms with Gasteiger partial charge < -0.3 is 10.2 Å². The van der Waals surface area contributed by atoms with Crippen LogP contribution in [0.1, 0.15) is 18.1 Å². The number of nitrogens with zero attached hydrogens (tertiary/aromatic N) is 1. The molecule has 1 N–H and O–H groups in total. The first-order valence-corrected chi connectivity index (χ1v) is 7.87. The van der Waals surface area contributed by atoms with E-state index in [-0.39, 0.29) is 5.91 Å². The van der Waals surface area contributed by atoms with Gasteiger partial charge in [-0.25, -0.2) is 0 Å². The number of para-hydroxylation sites is 1. The Labute approximate surface area is 135 Å². The Morgan fingerprint density at radius 3 is 2.77 bits per heavy atom. The molecule has 0 saturated heterocycles. The fraction of sp³-hybridized carbons (Fsp3) is 0.278. The van der Waals surface area contributed by atoms with Crippen molar-refractivity contribution in [3.05, 3.63) is 64.7 Å².